The van der Waals surface area contributed by atoms with Crippen LogP contribution in [-0.4, -0.2) is 27.2 Å². The number of carbonyl (C=O) groups is 1. The number of amides is 1. The molecule has 0 radical (unpaired) electrons. The number of carbonyl (C=O) groups excluding carboxylic acids is 1. The van der Waals surface area contributed by atoms with Crippen LogP contribution in [0.1, 0.15) is 0 Å². The largest absolute Gasteiger partial charge is 0.484 e. The summed E-state index contributed by atoms with van der Waals surface area (Å²) in [5, 5.41) is 2.60. The van der Waals surface area contributed by atoms with Crippen molar-refractivity contribution >= 4 is 37.4 Å². The highest BCUT2D eigenvalue weighted by Gasteiger charge is 2.09. The van der Waals surface area contributed by atoms with E-state index in [1.807, 2.05) is 12.1 Å². The van der Waals surface area contributed by atoms with E-state index in [0.717, 1.165) is 10.7 Å². The van der Waals surface area contributed by atoms with Crippen molar-refractivity contribution in [3.05, 3.63) is 53.0 Å². The lowest BCUT2D eigenvalue weighted by Gasteiger charge is -2.08. The number of halogens is 1. The first kappa shape index (κ1) is 16.5. The summed E-state index contributed by atoms with van der Waals surface area (Å²) in [6, 6.07) is 13.2. The van der Waals surface area contributed by atoms with Gasteiger partial charge in [-0.2, -0.15) is 0 Å². The molecule has 0 spiro atoms. The highest BCUT2D eigenvalue weighted by molar-refractivity contribution is 9.10. The second-order valence-corrected chi connectivity index (χ2v) is 7.52. The summed E-state index contributed by atoms with van der Waals surface area (Å²) in [6.07, 6.45) is 1.12. The van der Waals surface area contributed by atoms with E-state index in [0.29, 0.717) is 11.4 Å². The van der Waals surface area contributed by atoms with Gasteiger partial charge in [-0.3, -0.25) is 4.79 Å². The molecule has 0 aliphatic carbocycles. The third-order valence-electron chi connectivity index (χ3n) is 2.73. The van der Waals surface area contributed by atoms with Gasteiger partial charge in [-0.15, -0.1) is 0 Å². The Morgan fingerprint density at radius 3 is 2.50 bits per heavy atom. The summed E-state index contributed by atoms with van der Waals surface area (Å²) in [7, 11) is -3.31. The predicted molar refractivity (Wildman–Crippen MR) is 87.8 cm³/mol. The number of benzene rings is 2. The SMILES string of the molecule is CS(=O)(=O)c1cccc(NC(=O)COc2ccc(Br)cc2)c1. The standard InChI is InChI=1S/C15H14BrNO4S/c1-22(19,20)14-4-2-3-12(9-14)17-15(18)10-21-13-7-5-11(16)6-8-13/h2-9H,10H2,1H3,(H,17,18). The fraction of sp³-hybridized carbons (Fsp3) is 0.133. The Kier molecular flexibility index (Phi) is 5.20. The average Bonchev–Trinajstić information content (AvgIpc) is 2.46. The molecule has 2 aromatic rings. The summed E-state index contributed by atoms with van der Waals surface area (Å²) in [6.45, 7) is -0.162. The van der Waals surface area contributed by atoms with Gasteiger partial charge in [0.1, 0.15) is 5.75 Å². The van der Waals surface area contributed by atoms with Gasteiger partial charge in [-0.1, -0.05) is 22.0 Å². The summed E-state index contributed by atoms with van der Waals surface area (Å²) in [4.78, 5) is 12.0. The molecule has 2 aromatic carbocycles. The van der Waals surface area contributed by atoms with Gasteiger partial charge in [0, 0.05) is 16.4 Å². The number of rotatable bonds is 5. The van der Waals surface area contributed by atoms with Gasteiger partial charge in [-0.05, 0) is 42.5 Å². The molecule has 1 amide bonds. The van der Waals surface area contributed by atoms with Crippen LogP contribution >= 0.6 is 15.9 Å². The van der Waals surface area contributed by atoms with Crippen molar-refractivity contribution in [2.45, 2.75) is 4.90 Å². The normalized spacial score (nSPS) is 11.0. The second kappa shape index (κ2) is 6.93. The Hall–Kier alpha value is -1.86. The topological polar surface area (TPSA) is 72.5 Å². The Labute approximate surface area is 137 Å². The molecule has 0 saturated carbocycles. The van der Waals surface area contributed by atoms with Crippen LogP contribution < -0.4 is 10.1 Å². The minimum Gasteiger partial charge on any atom is -0.484 e. The van der Waals surface area contributed by atoms with Gasteiger partial charge in [0.2, 0.25) is 0 Å². The Bertz CT molecular complexity index is 772. The molecule has 2 rings (SSSR count). The van der Waals surface area contributed by atoms with E-state index in [1.54, 1.807) is 24.3 Å². The zero-order valence-corrected chi connectivity index (χ0v) is 14.1. The lowest BCUT2D eigenvalue weighted by molar-refractivity contribution is -0.118. The molecule has 1 N–H and O–H groups in total. The van der Waals surface area contributed by atoms with E-state index in [4.69, 9.17) is 4.74 Å². The molecule has 0 aliphatic rings. The molecule has 0 atom stereocenters. The molecule has 0 heterocycles. The smallest absolute Gasteiger partial charge is 0.262 e. The first-order valence-corrected chi connectivity index (χ1v) is 9.01. The minimum atomic E-state index is -3.31. The van der Waals surface area contributed by atoms with Gasteiger partial charge < -0.3 is 10.1 Å². The lowest BCUT2D eigenvalue weighted by atomic mass is 10.3. The molecule has 5 nitrogen and oxygen atoms in total. The number of anilines is 1. The van der Waals surface area contributed by atoms with Crippen LogP contribution in [0.5, 0.6) is 5.75 Å². The highest BCUT2D eigenvalue weighted by Crippen LogP contribution is 2.17. The van der Waals surface area contributed by atoms with Gasteiger partial charge >= 0.3 is 0 Å². The van der Waals surface area contributed by atoms with Crippen molar-refractivity contribution in [3.63, 3.8) is 0 Å². The third-order valence-corrected chi connectivity index (χ3v) is 4.37. The molecule has 0 aliphatic heterocycles. The van der Waals surface area contributed by atoms with Crippen LogP contribution in [-0.2, 0) is 14.6 Å². The van der Waals surface area contributed by atoms with Crippen molar-refractivity contribution in [2.75, 3.05) is 18.2 Å². The van der Waals surface area contributed by atoms with E-state index in [9.17, 15) is 13.2 Å². The zero-order chi connectivity index (χ0) is 16.2. The monoisotopic (exact) mass is 383 g/mol. The summed E-state index contributed by atoms with van der Waals surface area (Å²) in [5.41, 5.74) is 0.410. The number of sulfone groups is 1. The summed E-state index contributed by atoms with van der Waals surface area (Å²) >= 11 is 3.31. The molecule has 7 heteroatoms. The molecular formula is C15H14BrNO4S. The maximum Gasteiger partial charge on any atom is 0.262 e. The van der Waals surface area contributed by atoms with Crippen LogP contribution in [0, 0.1) is 0 Å². The molecule has 0 fully saturated rings. The molecule has 0 bridgehead atoms. The Balaban J connectivity index is 1.96. The van der Waals surface area contributed by atoms with Gasteiger partial charge in [0.25, 0.3) is 5.91 Å². The van der Waals surface area contributed by atoms with Crippen molar-refractivity contribution in [3.8, 4) is 5.75 Å². The van der Waals surface area contributed by atoms with Crippen LogP contribution in [0.25, 0.3) is 0 Å². The van der Waals surface area contributed by atoms with E-state index in [2.05, 4.69) is 21.2 Å². The van der Waals surface area contributed by atoms with Crippen LogP contribution in [0.15, 0.2) is 57.9 Å². The lowest BCUT2D eigenvalue weighted by Crippen LogP contribution is -2.20. The maximum absolute atomic E-state index is 11.8. The minimum absolute atomic E-state index is 0.152. The maximum atomic E-state index is 11.8. The first-order valence-electron chi connectivity index (χ1n) is 6.33. The molecular weight excluding hydrogens is 370 g/mol. The number of hydrogen-bond donors (Lipinski definition) is 1. The average molecular weight is 384 g/mol. The third kappa shape index (κ3) is 4.85. The van der Waals surface area contributed by atoms with Gasteiger partial charge in [0.05, 0.1) is 4.90 Å². The number of hydrogen-bond acceptors (Lipinski definition) is 4. The highest BCUT2D eigenvalue weighted by atomic mass is 79.9. The van der Waals surface area contributed by atoms with Crippen molar-refractivity contribution in [1.29, 1.82) is 0 Å². The molecule has 116 valence electrons. The van der Waals surface area contributed by atoms with Crippen LogP contribution in [0.2, 0.25) is 0 Å². The molecule has 0 aromatic heterocycles. The van der Waals surface area contributed by atoms with Crippen molar-refractivity contribution in [2.24, 2.45) is 0 Å². The van der Waals surface area contributed by atoms with Crippen molar-refractivity contribution in [1.82, 2.24) is 0 Å². The first-order chi connectivity index (χ1) is 10.3. The molecule has 0 unspecified atom stereocenters. The van der Waals surface area contributed by atoms with E-state index in [1.165, 1.54) is 12.1 Å². The quantitative estimate of drug-likeness (QED) is 0.861. The summed E-state index contributed by atoms with van der Waals surface area (Å²) < 4.78 is 29.2. The Morgan fingerprint density at radius 1 is 1.18 bits per heavy atom. The van der Waals surface area contributed by atoms with E-state index >= 15 is 0 Å². The van der Waals surface area contributed by atoms with Crippen LogP contribution in [0.4, 0.5) is 5.69 Å². The zero-order valence-electron chi connectivity index (χ0n) is 11.7. The Morgan fingerprint density at radius 2 is 1.86 bits per heavy atom. The molecule has 22 heavy (non-hydrogen) atoms. The van der Waals surface area contributed by atoms with Gasteiger partial charge in [0.15, 0.2) is 16.4 Å². The second-order valence-electron chi connectivity index (χ2n) is 4.59. The number of ether oxygens (including phenoxy) is 1. The van der Waals surface area contributed by atoms with Gasteiger partial charge in [-0.25, -0.2) is 8.42 Å². The summed E-state index contributed by atoms with van der Waals surface area (Å²) in [5.74, 6) is 0.205. The van der Waals surface area contributed by atoms with E-state index < -0.39 is 9.84 Å². The predicted octanol–water partition coefficient (Wildman–Crippen LogP) is 2.87. The van der Waals surface area contributed by atoms with Crippen LogP contribution in [0.3, 0.4) is 0 Å². The fourth-order valence-corrected chi connectivity index (χ4v) is 2.61. The molecule has 0 saturated heterocycles. The van der Waals surface area contributed by atoms with E-state index in [-0.39, 0.29) is 17.4 Å². The number of nitrogens with one attached hydrogen (secondary N) is 1. The van der Waals surface area contributed by atoms with Crippen molar-refractivity contribution < 1.29 is 17.9 Å². The fourth-order valence-electron chi connectivity index (χ4n) is 1.68.